The molecule has 0 amide bonds. The van der Waals surface area contributed by atoms with Crippen LogP contribution in [-0.4, -0.2) is 60.9 Å². The molecule has 0 unspecified atom stereocenters. The van der Waals surface area contributed by atoms with E-state index in [2.05, 4.69) is 51.3 Å². The van der Waals surface area contributed by atoms with Crippen molar-refractivity contribution in [2.45, 2.75) is 47.6 Å². The number of nitrogens with zero attached hydrogens (tertiary/aromatic N) is 3. The van der Waals surface area contributed by atoms with Crippen molar-refractivity contribution in [3.05, 3.63) is 11.3 Å². The molecule has 0 saturated carbocycles. The Morgan fingerprint density at radius 1 is 1.35 bits per heavy atom. The van der Waals surface area contributed by atoms with Gasteiger partial charge in [-0.1, -0.05) is 34.6 Å². The fourth-order valence-electron chi connectivity index (χ4n) is 3.71. The van der Waals surface area contributed by atoms with Gasteiger partial charge in [0, 0.05) is 31.2 Å². The standard InChI is InChI=1S/C18H31N3O2/c1-12(2)17-19-13(3)16(18(4,5)6)14-10-20(8-9-21(14)17)11-15(22)23-7/h12-13H,8-11H2,1-7H3/t13-/m0/s1. The highest BCUT2D eigenvalue weighted by atomic mass is 16.5. The average Bonchev–Trinajstić information content (AvgIpc) is 2.44. The van der Waals surface area contributed by atoms with E-state index in [4.69, 9.17) is 9.73 Å². The molecule has 0 bridgehead atoms. The molecule has 0 N–H and O–H groups in total. The predicted molar refractivity (Wildman–Crippen MR) is 93.4 cm³/mol. The summed E-state index contributed by atoms with van der Waals surface area (Å²) < 4.78 is 4.83. The van der Waals surface area contributed by atoms with E-state index in [0.717, 1.165) is 19.6 Å². The van der Waals surface area contributed by atoms with E-state index < -0.39 is 0 Å². The van der Waals surface area contributed by atoms with Gasteiger partial charge in [0.25, 0.3) is 0 Å². The van der Waals surface area contributed by atoms with Crippen molar-refractivity contribution in [3.63, 3.8) is 0 Å². The Morgan fingerprint density at radius 3 is 2.52 bits per heavy atom. The molecule has 130 valence electrons. The molecule has 5 heteroatoms. The maximum absolute atomic E-state index is 11.6. The monoisotopic (exact) mass is 321 g/mol. The Hall–Kier alpha value is -1.36. The number of carbonyl (C=O) groups excluding carboxylic acids is 1. The number of hydrogen-bond donors (Lipinski definition) is 0. The minimum Gasteiger partial charge on any atom is -0.468 e. The second-order valence-corrected chi connectivity index (χ2v) is 7.87. The number of carbonyl (C=O) groups is 1. The zero-order valence-corrected chi connectivity index (χ0v) is 15.6. The van der Waals surface area contributed by atoms with Crippen LogP contribution in [0.3, 0.4) is 0 Å². The van der Waals surface area contributed by atoms with E-state index in [1.807, 2.05) is 0 Å². The molecule has 0 aromatic heterocycles. The molecule has 2 rings (SSSR count). The first-order valence-electron chi connectivity index (χ1n) is 8.53. The van der Waals surface area contributed by atoms with E-state index in [0.29, 0.717) is 12.5 Å². The highest BCUT2D eigenvalue weighted by molar-refractivity contribution is 5.87. The van der Waals surface area contributed by atoms with Crippen LogP contribution in [0.2, 0.25) is 0 Å². The molecule has 0 aliphatic carbocycles. The van der Waals surface area contributed by atoms with Crippen molar-refractivity contribution in [1.29, 1.82) is 0 Å². The topological polar surface area (TPSA) is 45.1 Å². The molecule has 2 aliphatic heterocycles. The maximum Gasteiger partial charge on any atom is 0.319 e. The molecular formula is C18H31N3O2. The molecule has 0 radical (unpaired) electrons. The highest BCUT2D eigenvalue weighted by Gasteiger charge is 2.37. The summed E-state index contributed by atoms with van der Waals surface area (Å²) in [4.78, 5) is 21.2. The number of ether oxygens (including phenoxy) is 1. The summed E-state index contributed by atoms with van der Waals surface area (Å²) in [7, 11) is 1.45. The van der Waals surface area contributed by atoms with Gasteiger partial charge in [-0.25, -0.2) is 0 Å². The molecule has 1 saturated heterocycles. The fraction of sp³-hybridized carbons (Fsp3) is 0.778. The molecule has 2 aliphatic rings. The van der Waals surface area contributed by atoms with Gasteiger partial charge in [0.2, 0.25) is 0 Å². The zero-order chi connectivity index (χ0) is 17.4. The quantitative estimate of drug-likeness (QED) is 0.749. The number of piperazine rings is 1. The number of aliphatic imine (C=N–C) groups is 1. The number of amidine groups is 1. The Kier molecular flexibility index (Phi) is 5.19. The second-order valence-electron chi connectivity index (χ2n) is 7.87. The fourth-order valence-corrected chi connectivity index (χ4v) is 3.71. The number of esters is 1. The zero-order valence-electron chi connectivity index (χ0n) is 15.6. The average molecular weight is 321 g/mol. The normalized spacial score (nSPS) is 23.0. The minimum atomic E-state index is -0.169. The van der Waals surface area contributed by atoms with E-state index in [1.54, 1.807) is 0 Å². The third-order valence-electron chi connectivity index (χ3n) is 4.57. The predicted octanol–water partition coefficient (Wildman–Crippen LogP) is 2.53. The summed E-state index contributed by atoms with van der Waals surface area (Å²) in [5.74, 6) is 1.41. The van der Waals surface area contributed by atoms with Crippen LogP contribution in [0.25, 0.3) is 0 Å². The third-order valence-corrected chi connectivity index (χ3v) is 4.57. The van der Waals surface area contributed by atoms with Gasteiger partial charge in [0.05, 0.1) is 19.7 Å². The molecule has 5 nitrogen and oxygen atoms in total. The largest absolute Gasteiger partial charge is 0.468 e. The Bertz CT molecular complexity index is 529. The summed E-state index contributed by atoms with van der Waals surface area (Å²) in [5.41, 5.74) is 2.78. The smallest absolute Gasteiger partial charge is 0.319 e. The van der Waals surface area contributed by atoms with Crippen LogP contribution in [0.4, 0.5) is 0 Å². The molecular weight excluding hydrogens is 290 g/mol. The molecule has 2 heterocycles. The molecule has 1 atom stereocenters. The van der Waals surface area contributed by atoms with E-state index in [1.165, 1.54) is 24.2 Å². The van der Waals surface area contributed by atoms with Gasteiger partial charge in [-0.05, 0) is 17.9 Å². The van der Waals surface area contributed by atoms with E-state index in [-0.39, 0.29) is 17.4 Å². The Labute approximate surface area is 140 Å². The summed E-state index contributed by atoms with van der Waals surface area (Å²) in [6, 6.07) is 0.191. The third kappa shape index (κ3) is 3.77. The number of hydrogen-bond acceptors (Lipinski definition) is 5. The Balaban J connectivity index is 2.36. The van der Waals surface area contributed by atoms with Crippen molar-refractivity contribution >= 4 is 11.8 Å². The first kappa shape index (κ1) is 18.0. The van der Waals surface area contributed by atoms with Crippen molar-refractivity contribution < 1.29 is 9.53 Å². The van der Waals surface area contributed by atoms with E-state index in [9.17, 15) is 4.79 Å². The summed E-state index contributed by atoms with van der Waals surface area (Å²) in [5, 5.41) is 0. The van der Waals surface area contributed by atoms with Gasteiger partial charge < -0.3 is 9.64 Å². The molecule has 23 heavy (non-hydrogen) atoms. The van der Waals surface area contributed by atoms with Crippen LogP contribution >= 0.6 is 0 Å². The van der Waals surface area contributed by atoms with Crippen molar-refractivity contribution in [2.75, 3.05) is 33.3 Å². The van der Waals surface area contributed by atoms with E-state index >= 15 is 0 Å². The Morgan fingerprint density at radius 2 is 2.00 bits per heavy atom. The van der Waals surface area contributed by atoms with Gasteiger partial charge in [0.15, 0.2) is 0 Å². The molecule has 0 aromatic carbocycles. The molecule has 0 spiro atoms. The summed E-state index contributed by atoms with van der Waals surface area (Å²) >= 11 is 0. The first-order chi connectivity index (χ1) is 10.6. The first-order valence-corrected chi connectivity index (χ1v) is 8.53. The number of rotatable bonds is 3. The van der Waals surface area contributed by atoms with Gasteiger partial charge in [-0.3, -0.25) is 14.7 Å². The minimum absolute atomic E-state index is 0.0628. The molecule has 1 fully saturated rings. The highest BCUT2D eigenvalue weighted by Crippen LogP contribution is 2.38. The number of methoxy groups -OCH3 is 1. The van der Waals surface area contributed by atoms with Gasteiger partial charge >= 0.3 is 5.97 Å². The van der Waals surface area contributed by atoms with Crippen LogP contribution in [0, 0.1) is 11.3 Å². The number of fused-ring (bicyclic) bond motifs is 1. The SMILES string of the molecule is COC(=O)CN1CCN2C(C(C)C)=N[C@@H](C)C(C(C)(C)C)=C2C1. The van der Waals surface area contributed by atoms with Crippen LogP contribution in [0.1, 0.15) is 41.5 Å². The molecule has 0 aromatic rings. The second kappa shape index (κ2) is 6.63. The lowest BCUT2D eigenvalue weighted by Crippen LogP contribution is -2.53. The van der Waals surface area contributed by atoms with Crippen LogP contribution in [0.15, 0.2) is 16.3 Å². The summed E-state index contributed by atoms with van der Waals surface area (Å²) in [6.45, 7) is 16.2. The lowest BCUT2D eigenvalue weighted by Gasteiger charge is -2.46. The maximum atomic E-state index is 11.6. The van der Waals surface area contributed by atoms with Crippen molar-refractivity contribution in [1.82, 2.24) is 9.80 Å². The van der Waals surface area contributed by atoms with Gasteiger partial charge in [0.1, 0.15) is 5.84 Å². The van der Waals surface area contributed by atoms with Crippen molar-refractivity contribution in [3.8, 4) is 0 Å². The lowest BCUT2D eigenvalue weighted by atomic mass is 9.79. The van der Waals surface area contributed by atoms with Gasteiger partial charge in [-0.2, -0.15) is 0 Å². The van der Waals surface area contributed by atoms with Crippen LogP contribution in [0.5, 0.6) is 0 Å². The summed E-state index contributed by atoms with van der Waals surface area (Å²) in [6.07, 6.45) is 0. The van der Waals surface area contributed by atoms with Gasteiger partial charge in [-0.15, -0.1) is 0 Å². The van der Waals surface area contributed by atoms with Crippen LogP contribution < -0.4 is 0 Å². The van der Waals surface area contributed by atoms with Crippen LogP contribution in [-0.2, 0) is 9.53 Å². The van der Waals surface area contributed by atoms with Crippen molar-refractivity contribution in [2.24, 2.45) is 16.3 Å². The lowest BCUT2D eigenvalue weighted by molar-refractivity contribution is -0.142.